The first-order valence-corrected chi connectivity index (χ1v) is 9.22. The van der Waals surface area contributed by atoms with Crippen LogP contribution in [0, 0.1) is 17.0 Å². The van der Waals surface area contributed by atoms with Gasteiger partial charge in [0.05, 0.1) is 22.0 Å². The van der Waals surface area contributed by atoms with Crippen LogP contribution < -0.4 is 11.1 Å². The molecule has 4 aromatic rings. The Morgan fingerprint density at radius 1 is 1.10 bits per heavy atom. The Bertz CT molecular complexity index is 1270. The fourth-order valence-corrected chi connectivity index (χ4v) is 2.99. The summed E-state index contributed by atoms with van der Waals surface area (Å²) in [4.78, 5) is 30.4. The molecule has 0 unspecified atom stereocenters. The number of nitrogens with zero attached hydrogens (tertiary/aromatic N) is 5. The number of carbonyl (C=O) groups is 1. The summed E-state index contributed by atoms with van der Waals surface area (Å²) in [6, 6.07) is 14.6. The number of hydrogen-bond donors (Lipinski definition) is 2. The number of aryl methyl sites for hydroxylation is 1. The minimum absolute atomic E-state index is 0.0169. The molecule has 2 aromatic carbocycles. The lowest BCUT2D eigenvalue weighted by molar-refractivity contribution is -0.384. The lowest BCUT2D eigenvalue weighted by atomic mass is 10.2. The van der Waals surface area contributed by atoms with Gasteiger partial charge in [-0.05, 0) is 49.4 Å². The van der Waals surface area contributed by atoms with E-state index in [-0.39, 0.29) is 5.69 Å². The molecule has 3 N–H and O–H groups in total. The molecule has 2 aromatic heterocycles. The molecule has 0 atom stereocenters. The number of rotatable bonds is 6. The quantitative estimate of drug-likeness (QED) is 0.363. The van der Waals surface area contributed by atoms with Gasteiger partial charge in [0.1, 0.15) is 0 Å². The number of primary amides is 1. The largest absolute Gasteiger partial charge is 0.366 e. The van der Waals surface area contributed by atoms with Crippen LogP contribution in [0.25, 0.3) is 16.9 Å². The number of carbonyl (C=O) groups excluding carboxylic acids is 1. The maximum Gasteiger partial charge on any atom is 0.269 e. The average molecular weight is 415 g/mol. The van der Waals surface area contributed by atoms with Crippen molar-refractivity contribution < 1.29 is 9.72 Å². The molecular formula is C21H17N7O3. The molecule has 0 fully saturated rings. The van der Waals surface area contributed by atoms with Crippen molar-refractivity contribution in [2.45, 2.75) is 6.92 Å². The lowest BCUT2D eigenvalue weighted by Gasteiger charge is -2.06. The SMILES string of the molecule is Cc1nn(-c2ccc([N+](=O)[O-])cc2)cc1-c1ccnc(Nc2ccc(C(N)=O)cc2)n1. The van der Waals surface area contributed by atoms with Crippen molar-refractivity contribution in [3.8, 4) is 16.9 Å². The molecule has 0 spiro atoms. The van der Waals surface area contributed by atoms with Crippen LogP contribution in [0.15, 0.2) is 67.0 Å². The van der Waals surface area contributed by atoms with Gasteiger partial charge in [-0.1, -0.05) is 0 Å². The van der Waals surface area contributed by atoms with Gasteiger partial charge in [-0.2, -0.15) is 5.10 Å². The van der Waals surface area contributed by atoms with Gasteiger partial charge >= 0.3 is 0 Å². The van der Waals surface area contributed by atoms with Crippen molar-refractivity contribution in [2.75, 3.05) is 5.32 Å². The smallest absolute Gasteiger partial charge is 0.269 e. The minimum Gasteiger partial charge on any atom is -0.366 e. The van der Waals surface area contributed by atoms with Gasteiger partial charge in [0.15, 0.2) is 0 Å². The van der Waals surface area contributed by atoms with E-state index in [0.717, 1.165) is 11.3 Å². The van der Waals surface area contributed by atoms with Gasteiger partial charge < -0.3 is 11.1 Å². The van der Waals surface area contributed by atoms with Gasteiger partial charge in [0, 0.05) is 41.3 Å². The summed E-state index contributed by atoms with van der Waals surface area (Å²) in [6.07, 6.45) is 3.44. The van der Waals surface area contributed by atoms with Crippen molar-refractivity contribution in [3.05, 3.63) is 88.4 Å². The van der Waals surface area contributed by atoms with E-state index < -0.39 is 10.8 Å². The third kappa shape index (κ3) is 4.22. The van der Waals surface area contributed by atoms with E-state index in [0.29, 0.717) is 28.6 Å². The van der Waals surface area contributed by atoms with Crippen LogP contribution in [0.5, 0.6) is 0 Å². The fourth-order valence-electron chi connectivity index (χ4n) is 2.99. The molecule has 10 heteroatoms. The number of nitrogens with one attached hydrogen (secondary N) is 1. The summed E-state index contributed by atoms with van der Waals surface area (Å²) in [7, 11) is 0. The number of benzene rings is 2. The third-order valence-corrected chi connectivity index (χ3v) is 4.58. The predicted octanol–water partition coefficient (Wildman–Crippen LogP) is 3.39. The van der Waals surface area contributed by atoms with E-state index in [9.17, 15) is 14.9 Å². The summed E-state index contributed by atoms with van der Waals surface area (Å²) in [6.45, 7) is 1.86. The van der Waals surface area contributed by atoms with Crippen molar-refractivity contribution in [2.24, 2.45) is 5.73 Å². The topological polar surface area (TPSA) is 142 Å². The Morgan fingerprint density at radius 2 is 1.81 bits per heavy atom. The van der Waals surface area contributed by atoms with Gasteiger partial charge in [0.2, 0.25) is 11.9 Å². The Labute approximate surface area is 176 Å². The normalized spacial score (nSPS) is 10.6. The molecule has 0 aliphatic heterocycles. The van der Waals surface area contributed by atoms with Crippen molar-refractivity contribution in [1.82, 2.24) is 19.7 Å². The second-order valence-electron chi connectivity index (χ2n) is 6.68. The van der Waals surface area contributed by atoms with Crippen LogP contribution in [-0.2, 0) is 0 Å². The van der Waals surface area contributed by atoms with Gasteiger partial charge in [-0.15, -0.1) is 0 Å². The first-order chi connectivity index (χ1) is 14.9. The fraction of sp³-hybridized carbons (Fsp3) is 0.0476. The molecule has 0 saturated heterocycles. The number of non-ortho nitro benzene ring substituents is 1. The molecular weight excluding hydrogens is 398 g/mol. The number of anilines is 2. The van der Waals surface area contributed by atoms with Crippen LogP contribution in [0.1, 0.15) is 16.1 Å². The van der Waals surface area contributed by atoms with Crippen LogP contribution in [0.4, 0.5) is 17.3 Å². The molecule has 0 aliphatic rings. The first kappa shape index (κ1) is 19.7. The molecule has 10 nitrogen and oxygen atoms in total. The zero-order chi connectivity index (χ0) is 22.0. The Hall–Kier alpha value is -4.60. The standard InChI is InChI=1S/C21H17N7O3/c1-13-18(12-27(26-13)16-6-8-17(9-7-16)28(30)31)19-10-11-23-21(25-19)24-15-4-2-14(3-5-15)20(22)29/h2-12H,1H3,(H2,22,29)(H,23,24,25). The van der Waals surface area contributed by atoms with Crippen molar-refractivity contribution in [1.29, 1.82) is 0 Å². The van der Waals surface area contributed by atoms with Crippen LogP contribution in [-0.4, -0.2) is 30.6 Å². The zero-order valence-electron chi connectivity index (χ0n) is 16.4. The Morgan fingerprint density at radius 3 is 2.45 bits per heavy atom. The van der Waals surface area contributed by atoms with E-state index in [1.54, 1.807) is 53.3 Å². The zero-order valence-corrected chi connectivity index (χ0v) is 16.4. The maximum atomic E-state index is 11.2. The minimum atomic E-state index is -0.495. The molecule has 0 bridgehead atoms. The lowest BCUT2D eigenvalue weighted by Crippen LogP contribution is -2.10. The van der Waals surface area contributed by atoms with Crippen molar-refractivity contribution >= 4 is 23.2 Å². The molecule has 154 valence electrons. The summed E-state index contributed by atoms with van der Waals surface area (Å²) in [5.74, 6) is -0.114. The molecule has 0 radical (unpaired) electrons. The number of nitro benzene ring substituents is 1. The van der Waals surface area contributed by atoms with E-state index in [1.807, 2.05) is 13.1 Å². The van der Waals surface area contributed by atoms with Gasteiger partial charge in [0.25, 0.3) is 5.69 Å². The summed E-state index contributed by atoms with van der Waals surface area (Å²) in [5, 5.41) is 18.4. The van der Waals surface area contributed by atoms with E-state index in [2.05, 4.69) is 20.4 Å². The monoisotopic (exact) mass is 415 g/mol. The Kier molecular flexibility index (Phi) is 5.10. The van der Waals surface area contributed by atoms with Crippen LogP contribution in [0.3, 0.4) is 0 Å². The molecule has 1 amide bonds. The van der Waals surface area contributed by atoms with Crippen molar-refractivity contribution in [3.63, 3.8) is 0 Å². The molecule has 0 aliphatic carbocycles. The highest BCUT2D eigenvalue weighted by atomic mass is 16.6. The van der Waals surface area contributed by atoms with E-state index in [1.165, 1.54) is 12.1 Å². The summed E-state index contributed by atoms with van der Waals surface area (Å²) < 4.78 is 1.64. The Balaban J connectivity index is 1.59. The summed E-state index contributed by atoms with van der Waals surface area (Å²) >= 11 is 0. The third-order valence-electron chi connectivity index (χ3n) is 4.58. The van der Waals surface area contributed by atoms with E-state index >= 15 is 0 Å². The molecule has 0 saturated carbocycles. The second kappa shape index (κ2) is 8.03. The molecule has 31 heavy (non-hydrogen) atoms. The first-order valence-electron chi connectivity index (χ1n) is 9.22. The number of aromatic nitrogens is 4. The summed E-state index contributed by atoms with van der Waals surface area (Å²) in [5.41, 5.74) is 9.30. The highest BCUT2D eigenvalue weighted by Crippen LogP contribution is 2.24. The highest BCUT2D eigenvalue weighted by molar-refractivity contribution is 5.93. The van der Waals surface area contributed by atoms with Crippen LogP contribution in [0.2, 0.25) is 0 Å². The van der Waals surface area contributed by atoms with E-state index in [4.69, 9.17) is 5.73 Å². The number of hydrogen-bond acceptors (Lipinski definition) is 7. The van der Waals surface area contributed by atoms with Crippen LogP contribution >= 0.6 is 0 Å². The number of amides is 1. The average Bonchev–Trinajstić information content (AvgIpc) is 3.16. The maximum absolute atomic E-state index is 11.2. The number of nitrogens with two attached hydrogens (primary N) is 1. The number of nitro groups is 1. The molecule has 4 rings (SSSR count). The van der Waals surface area contributed by atoms with Gasteiger partial charge in [-0.25, -0.2) is 14.6 Å². The van der Waals surface area contributed by atoms with Gasteiger partial charge in [-0.3, -0.25) is 14.9 Å². The highest BCUT2D eigenvalue weighted by Gasteiger charge is 2.12. The predicted molar refractivity (Wildman–Crippen MR) is 114 cm³/mol. The molecule has 2 heterocycles. The second-order valence-corrected chi connectivity index (χ2v) is 6.68.